The van der Waals surface area contributed by atoms with Gasteiger partial charge in [-0.2, -0.15) is 0 Å². The molecular weight excluding hydrogens is 272 g/mol. The molecule has 0 radical (unpaired) electrons. The molecule has 0 aromatic rings. The van der Waals surface area contributed by atoms with E-state index in [2.05, 4.69) is 4.74 Å². The fourth-order valence-corrected chi connectivity index (χ4v) is 3.61. The Balaban J connectivity index is 0.00000289. The van der Waals surface area contributed by atoms with E-state index in [1.807, 2.05) is 0 Å². The Hall–Kier alpha value is -0.546. The van der Waals surface area contributed by atoms with E-state index in [0.717, 1.165) is 0 Å². The standard InChI is InChI=1S/C10H18O6Si.H4Si/c1-13-17(14-2,15-3)6-4-5-8-7-9(11)16-10(8)12;/h8H,4-7H2,1-3H3;1H4. The molecule has 0 aromatic carbocycles. The summed E-state index contributed by atoms with van der Waals surface area (Å²) in [6, 6.07) is 0.620. The first-order chi connectivity index (χ1) is 8.06. The van der Waals surface area contributed by atoms with Crippen molar-refractivity contribution < 1.29 is 27.6 Å². The van der Waals surface area contributed by atoms with E-state index in [-0.39, 0.29) is 23.3 Å². The van der Waals surface area contributed by atoms with E-state index < -0.39 is 20.7 Å². The van der Waals surface area contributed by atoms with Crippen LogP contribution >= 0.6 is 0 Å². The summed E-state index contributed by atoms with van der Waals surface area (Å²) in [4.78, 5) is 22.1. The fraction of sp³-hybridized carbons (Fsp3) is 0.800. The summed E-state index contributed by atoms with van der Waals surface area (Å²) >= 11 is 0. The molecule has 106 valence electrons. The quantitative estimate of drug-likeness (QED) is 0.351. The Labute approximate surface area is 112 Å². The molecule has 1 rings (SSSR count). The van der Waals surface area contributed by atoms with Crippen molar-refractivity contribution in [2.24, 2.45) is 5.92 Å². The summed E-state index contributed by atoms with van der Waals surface area (Å²) in [5.41, 5.74) is 0. The Kier molecular flexibility index (Phi) is 7.56. The second kappa shape index (κ2) is 7.79. The lowest BCUT2D eigenvalue weighted by molar-refractivity contribution is -0.153. The summed E-state index contributed by atoms with van der Waals surface area (Å²) in [5, 5.41) is 0. The molecule has 1 saturated heterocycles. The molecule has 1 fully saturated rings. The van der Waals surface area contributed by atoms with Gasteiger partial charge in [0.2, 0.25) is 0 Å². The maximum absolute atomic E-state index is 11.2. The maximum atomic E-state index is 11.2. The second-order valence-electron chi connectivity index (χ2n) is 3.88. The molecule has 0 aliphatic carbocycles. The molecule has 8 heteroatoms. The number of hydrogen-bond donors (Lipinski definition) is 0. The minimum absolute atomic E-state index is 0. The third kappa shape index (κ3) is 4.28. The molecule has 6 nitrogen and oxygen atoms in total. The lowest BCUT2D eigenvalue weighted by Gasteiger charge is -2.24. The van der Waals surface area contributed by atoms with E-state index in [9.17, 15) is 9.59 Å². The van der Waals surface area contributed by atoms with Gasteiger partial charge in [0.25, 0.3) is 0 Å². The van der Waals surface area contributed by atoms with E-state index in [1.54, 1.807) is 21.3 Å². The number of esters is 2. The average molecular weight is 294 g/mol. The molecule has 0 spiro atoms. The van der Waals surface area contributed by atoms with Gasteiger partial charge < -0.3 is 18.0 Å². The number of cyclic esters (lactones) is 2. The van der Waals surface area contributed by atoms with Crippen LogP contribution in [0.2, 0.25) is 6.04 Å². The van der Waals surface area contributed by atoms with Gasteiger partial charge in [-0.15, -0.1) is 0 Å². The Morgan fingerprint density at radius 1 is 1.22 bits per heavy atom. The van der Waals surface area contributed by atoms with Crippen LogP contribution in [0.4, 0.5) is 0 Å². The van der Waals surface area contributed by atoms with Gasteiger partial charge in [0, 0.05) is 27.4 Å². The summed E-state index contributed by atoms with van der Waals surface area (Å²) in [7, 11) is 2.08. The zero-order valence-corrected chi connectivity index (χ0v) is 11.4. The van der Waals surface area contributed by atoms with E-state index in [0.29, 0.717) is 18.9 Å². The number of carbonyl (C=O) groups excluding carboxylic acids is 2. The minimum atomic E-state index is -2.57. The van der Waals surface area contributed by atoms with E-state index >= 15 is 0 Å². The highest BCUT2D eigenvalue weighted by Crippen LogP contribution is 2.24. The largest absolute Gasteiger partial charge is 0.500 e. The number of hydrogen-bond acceptors (Lipinski definition) is 6. The van der Waals surface area contributed by atoms with Crippen molar-refractivity contribution in [3.05, 3.63) is 0 Å². The molecule has 18 heavy (non-hydrogen) atoms. The van der Waals surface area contributed by atoms with Crippen LogP contribution in [0.15, 0.2) is 0 Å². The van der Waals surface area contributed by atoms with Crippen LogP contribution in [0, 0.1) is 5.92 Å². The van der Waals surface area contributed by atoms with Crippen LogP contribution in [0.25, 0.3) is 0 Å². The molecule has 1 aliphatic rings. The third-order valence-corrected chi connectivity index (χ3v) is 5.76. The Morgan fingerprint density at radius 3 is 2.17 bits per heavy atom. The van der Waals surface area contributed by atoms with Gasteiger partial charge >= 0.3 is 20.7 Å². The van der Waals surface area contributed by atoms with Crippen molar-refractivity contribution >= 4 is 31.7 Å². The first-order valence-electron chi connectivity index (χ1n) is 5.47. The maximum Gasteiger partial charge on any atom is 0.500 e. The van der Waals surface area contributed by atoms with Gasteiger partial charge in [-0.3, -0.25) is 9.59 Å². The highest BCUT2D eigenvalue weighted by molar-refractivity contribution is 6.60. The molecule has 0 N–H and O–H groups in total. The van der Waals surface area contributed by atoms with Gasteiger partial charge in [0.1, 0.15) is 0 Å². The Morgan fingerprint density at radius 2 is 1.78 bits per heavy atom. The predicted octanol–water partition coefficient (Wildman–Crippen LogP) is -0.717. The van der Waals surface area contributed by atoms with Gasteiger partial charge in [-0.05, 0) is 23.8 Å². The fourth-order valence-electron chi connectivity index (χ4n) is 1.86. The van der Waals surface area contributed by atoms with Gasteiger partial charge in [-0.25, -0.2) is 0 Å². The van der Waals surface area contributed by atoms with Crippen LogP contribution in [0.1, 0.15) is 19.3 Å². The monoisotopic (exact) mass is 294 g/mol. The molecule has 1 atom stereocenters. The third-order valence-electron chi connectivity index (χ3n) is 2.93. The van der Waals surface area contributed by atoms with Crippen LogP contribution in [0.5, 0.6) is 0 Å². The molecule has 0 amide bonds. The first kappa shape index (κ1) is 17.5. The minimum Gasteiger partial charge on any atom is -0.393 e. The SMILES string of the molecule is CO[Si](CCCC1CC(=O)OC1=O)(OC)OC.[SiH4]. The summed E-state index contributed by atoms with van der Waals surface area (Å²) in [5.74, 6) is -1.18. The van der Waals surface area contributed by atoms with Crippen molar-refractivity contribution in [1.29, 1.82) is 0 Å². The molecule has 0 bridgehead atoms. The number of carbonyl (C=O) groups is 2. The summed E-state index contributed by atoms with van der Waals surface area (Å²) < 4.78 is 20.3. The molecule has 1 heterocycles. The zero-order valence-electron chi connectivity index (χ0n) is 10.4. The highest BCUT2D eigenvalue weighted by Gasteiger charge is 2.39. The van der Waals surface area contributed by atoms with Crippen molar-refractivity contribution in [2.75, 3.05) is 21.3 Å². The zero-order chi connectivity index (χ0) is 12.9. The second-order valence-corrected chi connectivity index (χ2v) is 6.97. The average Bonchev–Trinajstić information content (AvgIpc) is 2.64. The first-order valence-corrected chi connectivity index (χ1v) is 7.40. The molecule has 1 unspecified atom stereocenters. The summed E-state index contributed by atoms with van der Waals surface area (Å²) in [6.45, 7) is 0. The Bertz CT molecular complexity index is 284. The summed E-state index contributed by atoms with van der Waals surface area (Å²) in [6.07, 6.45) is 1.48. The lowest BCUT2D eigenvalue weighted by atomic mass is 10.0. The van der Waals surface area contributed by atoms with Crippen LogP contribution in [-0.4, -0.2) is 53.0 Å². The van der Waals surface area contributed by atoms with Crippen LogP contribution in [-0.2, 0) is 27.6 Å². The van der Waals surface area contributed by atoms with Crippen molar-refractivity contribution in [3.63, 3.8) is 0 Å². The normalized spacial score (nSPS) is 19.6. The van der Waals surface area contributed by atoms with Crippen molar-refractivity contribution in [1.82, 2.24) is 0 Å². The molecular formula is C10H22O6Si2. The smallest absolute Gasteiger partial charge is 0.393 e. The van der Waals surface area contributed by atoms with Crippen LogP contribution < -0.4 is 0 Å². The predicted molar refractivity (Wildman–Crippen MR) is 71.4 cm³/mol. The van der Waals surface area contributed by atoms with Crippen molar-refractivity contribution in [2.45, 2.75) is 25.3 Å². The van der Waals surface area contributed by atoms with Gasteiger partial charge in [0.05, 0.1) is 12.3 Å². The van der Waals surface area contributed by atoms with E-state index in [1.165, 1.54) is 0 Å². The number of ether oxygens (including phenoxy) is 1. The highest BCUT2D eigenvalue weighted by atomic mass is 28.4. The molecule has 1 aliphatic heterocycles. The lowest BCUT2D eigenvalue weighted by Crippen LogP contribution is -2.42. The molecule has 0 aromatic heterocycles. The molecule has 0 saturated carbocycles. The number of rotatable bonds is 7. The van der Waals surface area contributed by atoms with E-state index in [4.69, 9.17) is 13.3 Å². The van der Waals surface area contributed by atoms with Crippen LogP contribution in [0.3, 0.4) is 0 Å². The van der Waals surface area contributed by atoms with Crippen molar-refractivity contribution in [3.8, 4) is 0 Å². The van der Waals surface area contributed by atoms with Gasteiger partial charge in [0.15, 0.2) is 0 Å². The van der Waals surface area contributed by atoms with Gasteiger partial charge in [-0.1, -0.05) is 0 Å². The topological polar surface area (TPSA) is 71.1 Å².